The monoisotopic (exact) mass is 416 g/mol. The first kappa shape index (κ1) is 21.3. The van der Waals surface area contributed by atoms with Crippen LogP contribution in [0.1, 0.15) is 46.1 Å². The summed E-state index contributed by atoms with van der Waals surface area (Å²) in [6.07, 6.45) is 2.87. The van der Waals surface area contributed by atoms with Gasteiger partial charge in [0, 0.05) is 22.8 Å². The van der Waals surface area contributed by atoms with Gasteiger partial charge in [-0.25, -0.2) is 9.37 Å². The van der Waals surface area contributed by atoms with E-state index in [0.717, 1.165) is 19.0 Å². The highest BCUT2D eigenvalue weighted by atomic mass is 35.5. The molecule has 2 aromatic rings. The maximum atomic E-state index is 14.4. The summed E-state index contributed by atoms with van der Waals surface area (Å²) in [6.45, 7) is 8.77. The Morgan fingerprint density at radius 1 is 1.24 bits per heavy atom. The third-order valence-electron chi connectivity index (χ3n) is 5.74. The van der Waals surface area contributed by atoms with Crippen LogP contribution in [-0.2, 0) is 0 Å². The highest BCUT2D eigenvalue weighted by Crippen LogP contribution is 2.38. The molecule has 0 saturated carbocycles. The zero-order valence-corrected chi connectivity index (χ0v) is 18.1. The summed E-state index contributed by atoms with van der Waals surface area (Å²) >= 11 is 5.97. The Labute approximate surface area is 176 Å². The van der Waals surface area contributed by atoms with Crippen LogP contribution >= 0.6 is 11.6 Å². The van der Waals surface area contributed by atoms with Crippen molar-refractivity contribution in [1.82, 2.24) is 14.9 Å². The quantitative estimate of drug-likeness (QED) is 0.734. The summed E-state index contributed by atoms with van der Waals surface area (Å²) in [5.74, 6) is -0.0939. The van der Waals surface area contributed by atoms with Gasteiger partial charge in [0.15, 0.2) is 11.6 Å². The predicted octanol–water partition coefficient (Wildman–Crippen LogP) is 4.95. The number of aromatic nitrogens is 2. The average Bonchev–Trinajstić information content (AvgIpc) is 2.63. The van der Waals surface area contributed by atoms with Crippen LogP contribution in [0.3, 0.4) is 0 Å². The molecule has 2 heterocycles. The van der Waals surface area contributed by atoms with Crippen molar-refractivity contribution in [3.8, 4) is 6.07 Å². The van der Waals surface area contributed by atoms with Gasteiger partial charge in [-0.15, -0.1) is 0 Å². The van der Waals surface area contributed by atoms with Crippen molar-refractivity contribution in [2.45, 2.75) is 57.7 Å². The van der Waals surface area contributed by atoms with Crippen molar-refractivity contribution in [3.63, 3.8) is 0 Å². The number of likely N-dealkylation sites (tertiary alicyclic amines) is 1. The van der Waals surface area contributed by atoms with E-state index in [-0.39, 0.29) is 28.9 Å². The second kappa shape index (κ2) is 7.77. The molecule has 1 aliphatic rings. The molecule has 0 spiro atoms. The maximum Gasteiger partial charge on any atom is 0.229 e. The van der Waals surface area contributed by atoms with E-state index in [1.807, 2.05) is 6.07 Å². The third-order valence-corrected chi connectivity index (χ3v) is 6.07. The van der Waals surface area contributed by atoms with Crippen LogP contribution in [-0.4, -0.2) is 39.0 Å². The second-order valence-corrected chi connectivity index (χ2v) is 9.16. The molecular weight excluding hydrogens is 391 g/mol. The van der Waals surface area contributed by atoms with Crippen LogP contribution in [0, 0.1) is 17.1 Å². The average molecular weight is 417 g/mol. The minimum absolute atomic E-state index is 0.0268. The van der Waals surface area contributed by atoms with Crippen molar-refractivity contribution in [3.05, 3.63) is 40.8 Å². The largest absolute Gasteiger partial charge is 0.365 e. The standard InChI is InChI=1S/C21H26ClFN6/c1-20(2)9-15(10-21(3,4)29(20)5)26-18-17(23)12-25-19(28-18)27-14-6-7-16(22)13(8-14)11-24/h6-8,12,15H,9-10H2,1-5H3,(H2,25,26,27,28). The molecule has 154 valence electrons. The van der Waals surface area contributed by atoms with Crippen LogP contribution in [0.5, 0.6) is 0 Å². The highest BCUT2D eigenvalue weighted by Gasteiger charge is 2.43. The third kappa shape index (κ3) is 4.60. The number of halogens is 2. The Balaban J connectivity index is 1.80. The van der Waals surface area contributed by atoms with E-state index >= 15 is 0 Å². The minimum atomic E-state index is -0.501. The second-order valence-electron chi connectivity index (χ2n) is 8.75. The summed E-state index contributed by atoms with van der Waals surface area (Å²) in [6, 6.07) is 7.04. The number of hydrogen-bond acceptors (Lipinski definition) is 6. The number of nitrogens with one attached hydrogen (secondary N) is 2. The Morgan fingerprint density at radius 3 is 2.52 bits per heavy atom. The van der Waals surface area contributed by atoms with E-state index < -0.39 is 5.82 Å². The van der Waals surface area contributed by atoms with Gasteiger partial charge in [-0.05, 0) is 65.8 Å². The summed E-state index contributed by atoms with van der Waals surface area (Å²) in [4.78, 5) is 10.7. The van der Waals surface area contributed by atoms with E-state index in [4.69, 9.17) is 16.9 Å². The summed E-state index contributed by atoms with van der Waals surface area (Å²) in [5.41, 5.74) is 0.889. The first-order valence-electron chi connectivity index (χ1n) is 9.51. The number of nitriles is 1. The van der Waals surface area contributed by atoms with Crippen LogP contribution in [0.2, 0.25) is 5.02 Å². The molecule has 3 rings (SSSR count). The molecular formula is C21H26ClFN6. The minimum Gasteiger partial charge on any atom is -0.365 e. The normalized spacial score (nSPS) is 18.8. The van der Waals surface area contributed by atoms with Gasteiger partial charge in [0.05, 0.1) is 16.8 Å². The molecule has 1 aromatic carbocycles. The molecule has 1 aliphatic heterocycles. The van der Waals surface area contributed by atoms with Gasteiger partial charge >= 0.3 is 0 Å². The predicted molar refractivity (Wildman–Crippen MR) is 114 cm³/mol. The molecule has 1 aromatic heterocycles. The number of anilines is 3. The van der Waals surface area contributed by atoms with E-state index in [1.54, 1.807) is 18.2 Å². The lowest BCUT2D eigenvalue weighted by Gasteiger charge is -2.53. The van der Waals surface area contributed by atoms with Crippen molar-refractivity contribution in [1.29, 1.82) is 5.26 Å². The molecule has 2 N–H and O–H groups in total. The number of nitrogens with zero attached hydrogens (tertiary/aromatic N) is 4. The number of benzene rings is 1. The Hall–Kier alpha value is -2.43. The van der Waals surface area contributed by atoms with Gasteiger partial charge in [0.1, 0.15) is 6.07 Å². The van der Waals surface area contributed by atoms with Crippen molar-refractivity contribution in [2.75, 3.05) is 17.7 Å². The van der Waals surface area contributed by atoms with Crippen LogP contribution in [0.25, 0.3) is 0 Å². The van der Waals surface area contributed by atoms with E-state index in [9.17, 15) is 4.39 Å². The molecule has 0 aliphatic carbocycles. The number of piperidine rings is 1. The zero-order chi connectivity index (χ0) is 21.4. The van der Waals surface area contributed by atoms with Gasteiger partial charge in [0.2, 0.25) is 5.95 Å². The molecule has 1 saturated heterocycles. The smallest absolute Gasteiger partial charge is 0.229 e. The van der Waals surface area contributed by atoms with Gasteiger partial charge in [-0.2, -0.15) is 10.2 Å². The summed E-state index contributed by atoms with van der Waals surface area (Å²) < 4.78 is 14.4. The molecule has 6 nitrogen and oxygen atoms in total. The number of rotatable bonds is 4. The Morgan fingerprint density at radius 2 is 1.90 bits per heavy atom. The van der Waals surface area contributed by atoms with Crippen LogP contribution in [0.4, 0.5) is 21.8 Å². The fourth-order valence-corrected chi connectivity index (χ4v) is 4.17. The summed E-state index contributed by atoms with van der Waals surface area (Å²) in [7, 11) is 2.13. The molecule has 0 unspecified atom stereocenters. The maximum absolute atomic E-state index is 14.4. The molecule has 0 atom stereocenters. The molecule has 0 amide bonds. The van der Waals surface area contributed by atoms with E-state index in [0.29, 0.717) is 16.3 Å². The molecule has 8 heteroatoms. The first-order chi connectivity index (χ1) is 13.5. The lowest BCUT2D eigenvalue weighted by Crippen LogP contribution is -2.61. The van der Waals surface area contributed by atoms with Crippen molar-refractivity contribution >= 4 is 29.1 Å². The van der Waals surface area contributed by atoms with E-state index in [2.05, 4.69) is 60.2 Å². The van der Waals surface area contributed by atoms with Crippen LogP contribution < -0.4 is 10.6 Å². The Kier molecular flexibility index (Phi) is 5.70. The van der Waals surface area contributed by atoms with Gasteiger partial charge in [-0.1, -0.05) is 11.6 Å². The van der Waals surface area contributed by atoms with Gasteiger partial charge < -0.3 is 10.6 Å². The van der Waals surface area contributed by atoms with Crippen molar-refractivity contribution < 1.29 is 4.39 Å². The van der Waals surface area contributed by atoms with Crippen molar-refractivity contribution in [2.24, 2.45) is 0 Å². The molecule has 0 radical (unpaired) electrons. The fraction of sp³-hybridized carbons (Fsp3) is 0.476. The zero-order valence-electron chi connectivity index (χ0n) is 17.3. The van der Waals surface area contributed by atoms with Gasteiger partial charge in [-0.3, -0.25) is 4.90 Å². The van der Waals surface area contributed by atoms with Crippen LogP contribution in [0.15, 0.2) is 24.4 Å². The molecule has 29 heavy (non-hydrogen) atoms. The molecule has 0 bridgehead atoms. The van der Waals surface area contributed by atoms with E-state index in [1.165, 1.54) is 0 Å². The summed E-state index contributed by atoms with van der Waals surface area (Å²) in [5, 5.41) is 15.8. The first-order valence-corrected chi connectivity index (χ1v) is 9.89. The lowest BCUT2D eigenvalue weighted by atomic mass is 9.77. The molecule has 1 fully saturated rings. The lowest BCUT2D eigenvalue weighted by molar-refractivity contribution is -0.00778. The van der Waals surface area contributed by atoms with Gasteiger partial charge in [0.25, 0.3) is 0 Å². The topological polar surface area (TPSA) is 76.9 Å². The number of hydrogen-bond donors (Lipinski definition) is 2. The SMILES string of the molecule is CN1C(C)(C)CC(Nc2nc(Nc3ccc(Cl)c(C#N)c3)ncc2F)CC1(C)C. The highest BCUT2D eigenvalue weighted by molar-refractivity contribution is 6.31. The Bertz CT molecular complexity index is 935. The fourth-order valence-electron chi connectivity index (χ4n) is 4.01.